The van der Waals surface area contributed by atoms with Crippen LogP contribution in [0.5, 0.6) is 0 Å². The first-order valence-electron chi connectivity index (χ1n) is 4.48. The molecule has 3 nitrogen and oxygen atoms in total. The number of benzene rings is 1. The summed E-state index contributed by atoms with van der Waals surface area (Å²) < 4.78 is 87.6. The molecule has 10 heteroatoms. The molecule has 0 spiro atoms. The SMILES string of the molecule is O=[N+]([O-])c1cccc(C(F)(C(F)(F)F)C(F)(F)F)c1. The summed E-state index contributed by atoms with van der Waals surface area (Å²) in [6.45, 7) is 0. The number of nitrogens with zero attached hydrogens (tertiary/aromatic N) is 1. The summed E-state index contributed by atoms with van der Waals surface area (Å²) in [7, 11) is 0. The second kappa shape index (κ2) is 4.35. The maximum atomic E-state index is 13.5. The summed E-state index contributed by atoms with van der Waals surface area (Å²) in [5.74, 6) is 0. The summed E-state index contributed by atoms with van der Waals surface area (Å²) in [6, 6.07) is 1.28. The predicted molar refractivity (Wildman–Crippen MR) is 48.0 cm³/mol. The van der Waals surface area contributed by atoms with E-state index >= 15 is 0 Å². The molecule has 106 valence electrons. The molecule has 0 aliphatic heterocycles. The largest absolute Gasteiger partial charge is 0.435 e. The second-order valence-corrected chi connectivity index (χ2v) is 3.46. The van der Waals surface area contributed by atoms with Gasteiger partial charge in [0.05, 0.1) is 4.92 Å². The van der Waals surface area contributed by atoms with E-state index in [0.29, 0.717) is 12.1 Å². The zero-order valence-electron chi connectivity index (χ0n) is 8.72. The summed E-state index contributed by atoms with van der Waals surface area (Å²) in [5.41, 5.74) is -8.62. The normalized spacial score (nSPS) is 13.4. The van der Waals surface area contributed by atoms with E-state index in [1.165, 1.54) is 0 Å². The summed E-state index contributed by atoms with van der Waals surface area (Å²) in [5, 5.41) is 10.3. The van der Waals surface area contributed by atoms with Crippen molar-refractivity contribution in [1.82, 2.24) is 0 Å². The van der Waals surface area contributed by atoms with Crippen LogP contribution >= 0.6 is 0 Å². The van der Waals surface area contributed by atoms with Gasteiger partial charge in [0.25, 0.3) is 5.69 Å². The minimum Gasteiger partial charge on any atom is -0.258 e. The molecule has 0 heterocycles. The van der Waals surface area contributed by atoms with Gasteiger partial charge in [-0.15, -0.1) is 0 Å². The Morgan fingerprint density at radius 3 is 1.79 bits per heavy atom. The highest BCUT2D eigenvalue weighted by molar-refractivity contribution is 5.38. The Hall–Kier alpha value is -1.87. The third-order valence-corrected chi connectivity index (χ3v) is 2.24. The van der Waals surface area contributed by atoms with Crippen LogP contribution in [0.4, 0.5) is 36.4 Å². The van der Waals surface area contributed by atoms with Crippen molar-refractivity contribution >= 4 is 5.69 Å². The lowest BCUT2D eigenvalue weighted by atomic mass is 9.94. The zero-order valence-corrected chi connectivity index (χ0v) is 8.72. The minimum atomic E-state index is -6.29. The van der Waals surface area contributed by atoms with Crippen molar-refractivity contribution in [3.8, 4) is 0 Å². The quantitative estimate of drug-likeness (QED) is 0.471. The van der Waals surface area contributed by atoms with Crippen LogP contribution in [0.25, 0.3) is 0 Å². The van der Waals surface area contributed by atoms with E-state index in [1.807, 2.05) is 0 Å². The Bertz CT molecular complexity index is 480. The Morgan fingerprint density at radius 2 is 1.42 bits per heavy atom. The van der Waals surface area contributed by atoms with Crippen LogP contribution < -0.4 is 0 Å². The van der Waals surface area contributed by atoms with Crippen LogP contribution in [0.15, 0.2) is 24.3 Å². The number of nitro groups is 1. The maximum absolute atomic E-state index is 13.5. The van der Waals surface area contributed by atoms with E-state index < -0.39 is 34.2 Å². The number of nitro benzene ring substituents is 1. The summed E-state index contributed by atoms with van der Waals surface area (Å²) in [4.78, 5) is 9.07. The highest BCUT2D eigenvalue weighted by Gasteiger charge is 2.73. The number of hydrogen-bond donors (Lipinski definition) is 0. The number of alkyl halides is 7. The second-order valence-electron chi connectivity index (χ2n) is 3.46. The van der Waals surface area contributed by atoms with Gasteiger partial charge < -0.3 is 0 Å². The van der Waals surface area contributed by atoms with Crippen molar-refractivity contribution in [1.29, 1.82) is 0 Å². The lowest BCUT2D eigenvalue weighted by Crippen LogP contribution is -2.50. The van der Waals surface area contributed by atoms with E-state index in [1.54, 1.807) is 0 Å². The molecule has 0 unspecified atom stereocenters. The van der Waals surface area contributed by atoms with Crippen LogP contribution in [-0.2, 0) is 5.67 Å². The molecular weight excluding hydrogens is 287 g/mol. The van der Waals surface area contributed by atoms with E-state index in [4.69, 9.17) is 0 Å². The van der Waals surface area contributed by atoms with Gasteiger partial charge in [0.2, 0.25) is 0 Å². The van der Waals surface area contributed by atoms with Gasteiger partial charge in [-0.3, -0.25) is 10.1 Å². The highest BCUT2D eigenvalue weighted by Crippen LogP contribution is 2.53. The zero-order chi connectivity index (χ0) is 15.1. The molecule has 0 aliphatic carbocycles. The first kappa shape index (κ1) is 15.2. The Morgan fingerprint density at radius 1 is 0.947 bits per heavy atom. The molecule has 1 aromatic rings. The topological polar surface area (TPSA) is 43.1 Å². The number of hydrogen-bond acceptors (Lipinski definition) is 2. The number of rotatable bonds is 2. The summed E-state index contributed by atoms with van der Waals surface area (Å²) >= 11 is 0. The monoisotopic (exact) mass is 291 g/mol. The van der Waals surface area contributed by atoms with Gasteiger partial charge in [-0.1, -0.05) is 12.1 Å². The maximum Gasteiger partial charge on any atom is 0.435 e. The fourth-order valence-corrected chi connectivity index (χ4v) is 1.32. The van der Waals surface area contributed by atoms with E-state index in [9.17, 15) is 40.8 Å². The standard InChI is InChI=1S/C9H4F7NO2/c10-7(8(11,12)13,9(14,15)16)5-2-1-3-6(4-5)17(18)19/h1-4H. The Labute approximate surface area is 100 Å². The van der Waals surface area contributed by atoms with Crippen molar-refractivity contribution in [3.05, 3.63) is 39.9 Å². The lowest BCUT2D eigenvalue weighted by molar-refractivity contribution is -0.385. The number of non-ortho nitro benzene ring substituents is 1. The van der Waals surface area contributed by atoms with Crippen molar-refractivity contribution in [2.75, 3.05) is 0 Å². The average Bonchev–Trinajstić information content (AvgIpc) is 2.25. The van der Waals surface area contributed by atoms with Gasteiger partial charge in [0, 0.05) is 17.7 Å². The molecule has 0 aliphatic rings. The van der Waals surface area contributed by atoms with Crippen LogP contribution in [0.2, 0.25) is 0 Å². The molecule has 0 saturated heterocycles. The molecule has 0 radical (unpaired) electrons. The summed E-state index contributed by atoms with van der Waals surface area (Å²) in [6.07, 6.45) is -12.6. The molecule has 1 aromatic carbocycles. The van der Waals surface area contributed by atoms with Crippen LogP contribution in [0.1, 0.15) is 5.56 Å². The smallest absolute Gasteiger partial charge is 0.258 e. The van der Waals surface area contributed by atoms with Gasteiger partial charge in [-0.25, -0.2) is 4.39 Å². The Kier molecular flexibility index (Phi) is 3.48. The van der Waals surface area contributed by atoms with Crippen LogP contribution in [-0.4, -0.2) is 17.3 Å². The molecule has 1 rings (SSSR count). The first-order valence-corrected chi connectivity index (χ1v) is 4.48. The Balaban J connectivity index is 3.52. The van der Waals surface area contributed by atoms with Crippen molar-refractivity contribution in [2.45, 2.75) is 18.0 Å². The molecule has 0 amide bonds. The van der Waals surface area contributed by atoms with Gasteiger partial charge >= 0.3 is 18.0 Å². The van der Waals surface area contributed by atoms with Gasteiger partial charge in [-0.2, -0.15) is 26.3 Å². The molecule has 0 fully saturated rings. The van der Waals surface area contributed by atoms with Gasteiger partial charge in [0.1, 0.15) is 0 Å². The molecular formula is C9H4F7NO2. The molecule has 0 aromatic heterocycles. The van der Waals surface area contributed by atoms with Gasteiger partial charge in [-0.05, 0) is 0 Å². The highest BCUT2D eigenvalue weighted by atomic mass is 19.4. The van der Waals surface area contributed by atoms with Crippen molar-refractivity contribution in [2.24, 2.45) is 0 Å². The van der Waals surface area contributed by atoms with E-state index in [2.05, 4.69) is 0 Å². The van der Waals surface area contributed by atoms with Crippen LogP contribution in [0.3, 0.4) is 0 Å². The molecule has 0 N–H and O–H groups in total. The van der Waals surface area contributed by atoms with E-state index in [-0.39, 0.29) is 12.1 Å². The van der Waals surface area contributed by atoms with E-state index in [0.717, 1.165) is 0 Å². The predicted octanol–water partition coefficient (Wildman–Crippen LogP) is 3.88. The molecule has 19 heavy (non-hydrogen) atoms. The third-order valence-electron chi connectivity index (χ3n) is 2.24. The first-order chi connectivity index (χ1) is 8.41. The average molecular weight is 291 g/mol. The van der Waals surface area contributed by atoms with Crippen molar-refractivity contribution in [3.63, 3.8) is 0 Å². The minimum absolute atomic E-state index is 0.0962. The molecule has 0 saturated carbocycles. The fraction of sp³-hybridized carbons (Fsp3) is 0.333. The molecule has 0 bridgehead atoms. The van der Waals surface area contributed by atoms with Crippen molar-refractivity contribution < 1.29 is 35.7 Å². The lowest BCUT2D eigenvalue weighted by Gasteiger charge is -2.30. The van der Waals surface area contributed by atoms with Gasteiger partial charge in [0.15, 0.2) is 0 Å². The fourth-order valence-electron chi connectivity index (χ4n) is 1.32. The number of halogens is 7. The third kappa shape index (κ3) is 2.47. The van der Waals surface area contributed by atoms with Crippen LogP contribution in [0, 0.1) is 10.1 Å². The molecule has 0 atom stereocenters.